The standard InChI is InChI=1S/C19H22N2O/c1-3-20(17-11-6-8-15(2)14-17)19(22)21-13-7-10-16-9-4-5-12-18(16)21/h4-6,8-9,11-12,14H,3,7,10,13H2,1-2H3. The highest BCUT2D eigenvalue weighted by molar-refractivity contribution is 6.04. The number of nitrogens with zero attached hydrogens (tertiary/aromatic N) is 2. The van der Waals surface area contributed by atoms with Gasteiger partial charge in [-0.2, -0.15) is 0 Å². The molecule has 2 aromatic rings. The SMILES string of the molecule is CCN(C(=O)N1CCCc2ccccc21)c1cccc(C)c1. The minimum atomic E-state index is 0.0697. The molecule has 1 heterocycles. The van der Waals surface area contributed by atoms with Gasteiger partial charge in [0.2, 0.25) is 0 Å². The van der Waals surface area contributed by atoms with Gasteiger partial charge < -0.3 is 0 Å². The lowest BCUT2D eigenvalue weighted by Gasteiger charge is -2.34. The molecule has 114 valence electrons. The third kappa shape index (κ3) is 2.71. The zero-order valence-corrected chi connectivity index (χ0v) is 13.2. The quantitative estimate of drug-likeness (QED) is 0.805. The Morgan fingerprint density at radius 3 is 2.77 bits per heavy atom. The molecule has 0 atom stereocenters. The predicted molar refractivity (Wildman–Crippen MR) is 91.7 cm³/mol. The van der Waals surface area contributed by atoms with Gasteiger partial charge in [-0.25, -0.2) is 4.79 Å². The van der Waals surface area contributed by atoms with E-state index >= 15 is 0 Å². The summed E-state index contributed by atoms with van der Waals surface area (Å²) >= 11 is 0. The van der Waals surface area contributed by atoms with Crippen molar-refractivity contribution in [3.05, 3.63) is 59.7 Å². The number of fused-ring (bicyclic) bond motifs is 1. The number of carbonyl (C=O) groups is 1. The van der Waals surface area contributed by atoms with Crippen molar-refractivity contribution in [3.8, 4) is 0 Å². The molecule has 3 nitrogen and oxygen atoms in total. The van der Waals surface area contributed by atoms with Crippen LogP contribution in [0.3, 0.4) is 0 Å². The molecular weight excluding hydrogens is 272 g/mol. The number of rotatable bonds is 2. The molecule has 22 heavy (non-hydrogen) atoms. The molecule has 0 spiro atoms. The fourth-order valence-corrected chi connectivity index (χ4v) is 3.10. The molecule has 0 aliphatic carbocycles. The Balaban J connectivity index is 1.93. The van der Waals surface area contributed by atoms with Crippen LogP contribution in [0.15, 0.2) is 48.5 Å². The number of hydrogen-bond donors (Lipinski definition) is 0. The first-order valence-corrected chi connectivity index (χ1v) is 7.94. The van der Waals surface area contributed by atoms with Crippen molar-refractivity contribution in [2.75, 3.05) is 22.9 Å². The highest BCUT2D eigenvalue weighted by Gasteiger charge is 2.26. The van der Waals surface area contributed by atoms with Gasteiger partial charge >= 0.3 is 6.03 Å². The molecule has 3 rings (SSSR count). The van der Waals surface area contributed by atoms with Crippen LogP contribution < -0.4 is 9.80 Å². The van der Waals surface area contributed by atoms with Crippen LogP contribution in [0.2, 0.25) is 0 Å². The third-order valence-corrected chi connectivity index (χ3v) is 4.20. The first kappa shape index (κ1) is 14.6. The second-order valence-corrected chi connectivity index (χ2v) is 5.75. The number of carbonyl (C=O) groups excluding carboxylic acids is 1. The van der Waals surface area contributed by atoms with Crippen molar-refractivity contribution >= 4 is 17.4 Å². The summed E-state index contributed by atoms with van der Waals surface area (Å²) in [7, 11) is 0. The van der Waals surface area contributed by atoms with Crippen molar-refractivity contribution in [2.45, 2.75) is 26.7 Å². The lowest BCUT2D eigenvalue weighted by molar-refractivity contribution is 0.251. The van der Waals surface area contributed by atoms with Crippen molar-refractivity contribution in [1.82, 2.24) is 0 Å². The van der Waals surface area contributed by atoms with Crippen LogP contribution in [0, 0.1) is 6.92 Å². The summed E-state index contributed by atoms with van der Waals surface area (Å²) in [5.74, 6) is 0. The molecule has 0 aromatic heterocycles. The predicted octanol–water partition coefficient (Wildman–Crippen LogP) is 4.39. The molecule has 2 amide bonds. The minimum absolute atomic E-state index is 0.0697. The maximum absolute atomic E-state index is 13.1. The highest BCUT2D eigenvalue weighted by Crippen LogP contribution is 2.29. The summed E-state index contributed by atoms with van der Waals surface area (Å²) in [5.41, 5.74) is 4.46. The van der Waals surface area contributed by atoms with E-state index in [-0.39, 0.29) is 6.03 Å². The van der Waals surface area contributed by atoms with Gasteiger partial charge in [0, 0.05) is 24.5 Å². The van der Waals surface area contributed by atoms with Gasteiger partial charge in [0.1, 0.15) is 0 Å². The van der Waals surface area contributed by atoms with Crippen LogP contribution in [-0.4, -0.2) is 19.1 Å². The highest BCUT2D eigenvalue weighted by atomic mass is 16.2. The first-order valence-electron chi connectivity index (χ1n) is 7.94. The lowest BCUT2D eigenvalue weighted by Crippen LogP contribution is -2.45. The Bertz CT molecular complexity index is 681. The Hall–Kier alpha value is -2.29. The number of anilines is 2. The van der Waals surface area contributed by atoms with E-state index in [9.17, 15) is 4.79 Å². The van der Waals surface area contributed by atoms with Crippen LogP contribution in [0.5, 0.6) is 0 Å². The smallest absolute Gasteiger partial charge is 0.294 e. The van der Waals surface area contributed by atoms with Gasteiger partial charge in [-0.15, -0.1) is 0 Å². The lowest BCUT2D eigenvalue weighted by atomic mass is 10.0. The van der Waals surface area contributed by atoms with E-state index in [1.165, 1.54) is 11.1 Å². The monoisotopic (exact) mass is 294 g/mol. The Morgan fingerprint density at radius 2 is 2.00 bits per heavy atom. The molecule has 1 aliphatic rings. The zero-order valence-electron chi connectivity index (χ0n) is 13.2. The molecule has 0 unspecified atom stereocenters. The number of benzene rings is 2. The topological polar surface area (TPSA) is 23.6 Å². The van der Waals surface area contributed by atoms with Gasteiger partial charge in [-0.05, 0) is 56.0 Å². The molecule has 0 radical (unpaired) electrons. The van der Waals surface area contributed by atoms with Crippen LogP contribution in [0.4, 0.5) is 16.2 Å². The Morgan fingerprint density at radius 1 is 1.18 bits per heavy atom. The number of urea groups is 1. The van der Waals surface area contributed by atoms with Crippen LogP contribution in [0.1, 0.15) is 24.5 Å². The fraction of sp³-hybridized carbons (Fsp3) is 0.316. The van der Waals surface area contributed by atoms with Gasteiger partial charge in [-0.1, -0.05) is 30.3 Å². The fourth-order valence-electron chi connectivity index (χ4n) is 3.10. The van der Waals surface area contributed by atoms with Crippen molar-refractivity contribution in [2.24, 2.45) is 0 Å². The normalized spacial score (nSPS) is 13.6. The minimum Gasteiger partial charge on any atom is -0.294 e. The van der Waals surface area contributed by atoms with Crippen molar-refractivity contribution in [3.63, 3.8) is 0 Å². The molecule has 2 aromatic carbocycles. The summed E-state index contributed by atoms with van der Waals surface area (Å²) in [5, 5.41) is 0. The summed E-state index contributed by atoms with van der Waals surface area (Å²) in [4.78, 5) is 16.8. The molecule has 0 fully saturated rings. The molecule has 0 saturated carbocycles. The summed E-state index contributed by atoms with van der Waals surface area (Å²) in [6, 6.07) is 16.4. The Labute approximate surface area is 132 Å². The van der Waals surface area contributed by atoms with Crippen LogP contribution in [0.25, 0.3) is 0 Å². The van der Waals surface area contributed by atoms with E-state index in [0.29, 0.717) is 6.54 Å². The second-order valence-electron chi connectivity index (χ2n) is 5.75. The second kappa shape index (κ2) is 6.22. The molecule has 1 aliphatic heterocycles. The number of amides is 2. The molecule has 0 bridgehead atoms. The maximum atomic E-state index is 13.1. The number of aryl methyl sites for hydroxylation is 2. The van der Waals surface area contributed by atoms with Crippen molar-refractivity contribution in [1.29, 1.82) is 0 Å². The average molecular weight is 294 g/mol. The van der Waals surface area contributed by atoms with Crippen molar-refractivity contribution < 1.29 is 4.79 Å². The molecular formula is C19H22N2O. The third-order valence-electron chi connectivity index (χ3n) is 4.20. The van der Waals surface area contributed by atoms with E-state index in [0.717, 1.165) is 30.8 Å². The molecule has 0 N–H and O–H groups in total. The molecule has 3 heteroatoms. The van der Waals surface area contributed by atoms with Gasteiger partial charge in [0.25, 0.3) is 0 Å². The van der Waals surface area contributed by atoms with Gasteiger partial charge in [0.15, 0.2) is 0 Å². The summed E-state index contributed by atoms with van der Waals surface area (Å²) < 4.78 is 0. The number of para-hydroxylation sites is 1. The van der Waals surface area contributed by atoms with E-state index in [2.05, 4.69) is 31.2 Å². The Kier molecular flexibility index (Phi) is 4.14. The van der Waals surface area contributed by atoms with E-state index in [4.69, 9.17) is 0 Å². The van der Waals surface area contributed by atoms with Crippen LogP contribution in [-0.2, 0) is 6.42 Å². The molecule has 0 saturated heterocycles. The first-order chi connectivity index (χ1) is 10.7. The van der Waals surface area contributed by atoms with E-state index in [1.54, 1.807) is 0 Å². The average Bonchev–Trinajstić information content (AvgIpc) is 2.55. The zero-order chi connectivity index (χ0) is 15.5. The summed E-state index contributed by atoms with van der Waals surface area (Å²) in [6.45, 7) is 5.53. The largest absolute Gasteiger partial charge is 0.328 e. The van der Waals surface area contributed by atoms with Gasteiger partial charge in [0.05, 0.1) is 0 Å². The van der Waals surface area contributed by atoms with Crippen LogP contribution >= 0.6 is 0 Å². The number of hydrogen-bond acceptors (Lipinski definition) is 1. The van der Waals surface area contributed by atoms with E-state index < -0.39 is 0 Å². The maximum Gasteiger partial charge on any atom is 0.328 e. The van der Waals surface area contributed by atoms with E-state index in [1.807, 2.05) is 41.0 Å². The van der Waals surface area contributed by atoms with Gasteiger partial charge in [-0.3, -0.25) is 9.80 Å². The summed E-state index contributed by atoms with van der Waals surface area (Å²) in [6.07, 6.45) is 2.07.